The van der Waals surface area contributed by atoms with Gasteiger partial charge in [0.15, 0.2) is 5.78 Å². The van der Waals surface area contributed by atoms with Gasteiger partial charge in [-0.05, 0) is 157 Å². The van der Waals surface area contributed by atoms with Crippen molar-refractivity contribution < 1.29 is 92.2 Å². The molecular formula is C59H52F10N2O10. The van der Waals surface area contributed by atoms with Gasteiger partial charge in [-0.2, -0.15) is 43.9 Å². The average molecular weight is 1140 g/mol. The number of esters is 2. The fourth-order valence-electron chi connectivity index (χ4n) is 7.99. The number of ether oxygens (including phenoxy) is 4. The lowest BCUT2D eigenvalue weighted by Gasteiger charge is -2.42. The number of allylic oxidation sites excluding steroid dienone is 1. The highest BCUT2D eigenvalue weighted by atomic mass is 19.4. The van der Waals surface area contributed by atoms with Gasteiger partial charge in [-0.3, -0.25) is 9.59 Å². The zero-order chi connectivity index (χ0) is 59.2. The van der Waals surface area contributed by atoms with E-state index >= 15 is 0 Å². The van der Waals surface area contributed by atoms with E-state index in [9.17, 15) is 73.3 Å². The fourth-order valence-corrected chi connectivity index (χ4v) is 7.99. The molecule has 0 fully saturated rings. The van der Waals surface area contributed by atoms with Crippen LogP contribution in [0.4, 0.5) is 55.3 Å². The van der Waals surface area contributed by atoms with Crippen molar-refractivity contribution in [3.8, 4) is 23.0 Å². The summed E-state index contributed by atoms with van der Waals surface area (Å²) in [6, 6.07) is 34.7. The van der Waals surface area contributed by atoms with Crippen molar-refractivity contribution in [2.24, 2.45) is 5.41 Å². The molecule has 0 aliphatic heterocycles. The van der Waals surface area contributed by atoms with Crippen molar-refractivity contribution in [2.75, 3.05) is 24.7 Å². The monoisotopic (exact) mass is 1140 g/mol. The van der Waals surface area contributed by atoms with E-state index in [4.69, 9.17) is 30.4 Å². The van der Waals surface area contributed by atoms with Crippen LogP contribution >= 0.6 is 0 Å². The maximum atomic E-state index is 14.2. The minimum atomic E-state index is -5.67. The molecule has 0 spiro atoms. The molecule has 428 valence electrons. The largest absolute Gasteiger partial charge is 0.494 e. The van der Waals surface area contributed by atoms with Crippen LogP contribution < -0.4 is 30.4 Å². The van der Waals surface area contributed by atoms with Crippen molar-refractivity contribution in [3.05, 3.63) is 191 Å². The number of nitrogens with two attached hydrogens (primary N) is 2. The summed E-state index contributed by atoms with van der Waals surface area (Å²) in [5.41, 5.74) is 12.6. The highest BCUT2D eigenvalue weighted by molar-refractivity contribution is 6.01. The van der Waals surface area contributed by atoms with Gasteiger partial charge in [-0.15, -0.1) is 0 Å². The number of benzene rings is 6. The molecule has 0 saturated carbocycles. The lowest BCUT2D eigenvalue weighted by molar-refractivity contribution is -0.284. The molecule has 0 aromatic heterocycles. The third-order valence-corrected chi connectivity index (χ3v) is 12.5. The van der Waals surface area contributed by atoms with Gasteiger partial charge in [-0.25, -0.2) is 9.59 Å². The van der Waals surface area contributed by atoms with Crippen molar-refractivity contribution in [2.45, 2.75) is 74.9 Å². The predicted molar refractivity (Wildman–Crippen MR) is 279 cm³/mol. The first kappa shape index (κ1) is 61.7. The van der Waals surface area contributed by atoms with E-state index < -0.39 is 104 Å². The molecule has 0 saturated heterocycles. The number of hydrogen-bond acceptors (Lipinski definition) is 12. The van der Waals surface area contributed by atoms with E-state index in [0.717, 1.165) is 6.08 Å². The number of anilines is 2. The van der Waals surface area contributed by atoms with Crippen LogP contribution in [0.1, 0.15) is 75.1 Å². The van der Waals surface area contributed by atoms with E-state index in [0.29, 0.717) is 33.6 Å². The Morgan fingerprint density at radius 3 is 1.16 bits per heavy atom. The molecule has 0 aliphatic carbocycles. The molecular weight excluding hydrogens is 1090 g/mol. The number of carbonyl (C=O) groups excluding carboxylic acids is 4. The van der Waals surface area contributed by atoms with Crippen molar-refractivity contribution >= 4 is 47.0 Å². The minimum absolute atomic E-state index is 0.0438. The molecule has 0 aliphatic rings. The first-order valence-electron chi connectivity index (χ1n) is 24.6. The van der Waals surface area contributed by atoms with Crippen molar-refractivity contribution in [3.63, 3.8) is 0 Å². The Morgan fingerprint density at radius 1 is 0.457 bits per heavy atom. The molecule has 12 nitrogen and oxygen atoms in total. The Hall–Kier alpha value is -8.50. The summed E-state index contributed by atoms with van der Waals surface area (Å²) in [6.07, 6.45) is -11.8. The van der Waals surface area contributed by atoms with E-state index in [1.165, 1.54) is 115 Å². The molecule has 0 atom stereocenters. The first-order valence-corrected chi connectivity index (χ1v) is 24.6. The number of hydrogen-bond donors (Lipinski definition) is 4. The maximum Gasteiger partial charge on any atom is 0.453 e. The summed E-state index contributed by atoms with van der Waals surface area (Å²) in [5, 5.41) is 24.4. The Morgan fingerprint density at radius 2 is 0.802 bits per heavy atom. The first-order chi connectivity index (χ1) is 38.0. The summed E-state index contributed by atoms with van der Waals surface area (Å²) in [7, 11) is 0. The van der Waals surface area contributed by atoms with Gasteiger partial charge in [0.05, 0.1) is 24.3 Å². The van der Waals surface area contributed by atoms with E-state index in [1.54, 1.807) is 48.5 Å². The predicted octanol–water partition coefficient (Wildman–Crippen LogP) is 12.4. The van der Waals surface area contributed by atoms with Crippen LogP contribution in [0, 0.1) is 5.41 Å². The number of rotatable bonds is 26. The molecule has 0 amide bonds. The van der Waals surface area contributed by atoms with Crippen molar-refractivity contribution in [1.82, 2.24) is 0 Å². The van der Waals surface area contributed by atoms with Gasteiger partial charge in [0.1, 0.15) is 23.0 Å². The van der Waals surface area contributed by atoms with Gasteiger partial charge in [-0.1, -0.05) is 60.7 Å². The highest BCUT2D eigenvalue weighted by Crippen LogP contribution is 2.44. The van der Waals surface area contributed by atoms with Crippen LogP contribution in [0.3, 0.4) is 0 Å². The van der Waals surface area contributed by atoms with E-state index in [1.807, 2.05) is 0 Å². The molecule has 6 aromatic carbocycles. The lowest BCUT2D eigenvalue weighted by Crippen LogP contribution is -2.57. The number of halogens is 10. The van der Waals surface area contributed by atoms with Gasteiger partial charge < -0.3 is 40.6 Å². The third-order valence-electron chi connectivity index (χ3n) is 12.5. The highest BCUT2D eigenvalue weighted by Gasteiger charge is 2.58. The SMILES string of the molecule is Nc1ccc(CC(CC(=O)/C=C/c2ccc(C(=O)Oc3ccc(OCCCC(F)(F)C(F)(F)F)cc3)cc2)(Cc2ccc(N)cc2)C(O)(O)C(=O)/C=C/c2ccc(C(=O)Oc3ccc(OCCCC(F)(F)C(F)(F)F)cc3)cc2)cc1. The Bertz CT molecular complexity index is 3100. The van der Waals surface area contributed by atoms with Gasteiger partial charge in [0, 0.05) is 36.1 Å². The molecule has 22 heteroatoms. The molecule has 6 rings (SSSR count). The molecule has 6 N–H and O–H groups in total. The normalized spacial score (nSPS) is 12.6. The molecule has 0 heterocycles. The maximum absolute atomic E-state index is 14.2. The van der Waals surface area contributed by atoms with Gasteiger partial charge in [0.25, 0.3) is 0 Å². The number of ketones is 2. The van der Waals surface area contributed by atoms with Gasteiger partial charge >= 0.3 is 36.1 Å². The Kier molecular flexibility index (Phi) is 19.9. The number of aliphatic hydroxyl groups is 2. The summed E-state index contributed by atoms with van der Waals surface area (Å²) in [6.45, 7) is -0.856. The van der Waals surface area contributed by atoms with E-state index in [-0.39, 0.29) is 47.0 Å². The van der Waals surface area contributed by atoms with Crippen LogP contribution in [0.5, 0.6) is 23.0 Å². The molecule has 0 radical (unpaired) electrons. The summed E-state index contributed by atoms with van der Waals surface area (Å²) < 4.78 is 148. The standard InChI is InChI=1S/C59H52F10N2O10/c60-55(61,58(64,65)66)31-1-33-78-47-22-26-49(27-23-47)80-52(74)42-13-3-38(4-14-42)11-21-46(72)37-54(35-40-7-17-44(70)18-8-40,36-41-9-19-45(71)20-10-41)57(76,77)51(73)30-12-39-5-15-43(16-6-39)53(75)81-50-28-24-48(25-29-50)79-34-2-32-56(62,63)59(67,68)69/h3-30,76-77H,1-2,31-37,70-71H2/b21-11+,30-12+. The fraction of sp³-hybridized carbons (Fsp3) is 0.254. The topological polar surface area (TPSA) is 198 Å². The van der Waals surface area contributed by atoms with E-state index in [2.05, 4.69) is 0 Å². The second-order valence-electron chi connectivity index (χ2n) is 18.7. The second-order valence-corrected chi connectivity index (χ2v) is 18.7. The molecule has 81 heavy (non-hydrogen) atoms. The quantitative estimate of drug-likeness (QED) is 0.00764. The second kappa shape index (κ2) is 26.2. The smallest absolute Gasteiger partial charge is 0.453 e. The number of nitrogen functional groups attached to an aromatic ring is 2. The van der Waals surface area contributed by atoms with Crippen LogP contribution in [0.15, 0.2) is 158 Å². The zero-order valence-corrected chi connectivity index (χ0v) is 42.6. The third kappa shape index (κ3) is 17.2. The average Bonchev–Trinajstić information content (AvgIpc) is 3.59. The summed E-state index contributed by atoms with van der Waals surface area (Å²) in [5.74, 6) is -16.1. The zero-order valence-electron chi connectivity index (χ0n) is 42.6. The van der Waals surface area contributed by atoms with Crippen molar-refractivity contribution in [1.29, 1.82) is 0 Å². The molecule has 0 unspecified atom stereocenters. The minimum Gasteiger partial charge on any atom is -0.494 e. The number of carbonyl (C=O) groups is 4. The summed E-state index contributed by atoms with van der Waals surface area (Å²) >= 11 is 0. The Labute approximate surface area is 457 Å². The summed E-state index contributed by atoms with van der Waals surface area (Å²) in [4.78, 5) is 54.2. The van der Waals surface area contributed by atoms with Crippen LogP contribution in [0.2, 0.25) is 0 Å². The Balaban J connectivity index is 1.12. The molecule has 0 bridgehead atoms. The van der Waals surface area contributed by atoms with Crippen LogP contribution in [0.25, 0.3) is 12.2 Å². The van der Waals surface area contributed by atoms with Gasteiger partial charge in [0.2, 0.25) is 11.6 Å². The lowest BCUT2D eigenvalue weighted by atomic mass is 9.65. The van der Waals surface area contributed by atoms with Crippen LogP contribution in [-0.2, 0) is 22.4 Å². The van der Waals surface area contributed by atoms with Crippen LogP contribution in [-0.4, -0.2) is 76.9 Å². The number of alkyl halides is 10. The molecule has 6 aromatic rings.